The minimum absolute atomic E-state index is 0.0647. The van der Waals surface area contributed by atoms with Gasteiger partial charge in [0.2, 0.25) is 0 Å². The maximum atomic E-state index is 6.18. The van der Waals surface area contributed by atoms with Gasteiger partial charge in [-0.1, -0.05) is 30.3 Å². The summed E-state index contributed by atoms with van der Waals surface area (Å²) in [5.41, 5.74) is 3.45. The Labute approximate surface area is 117 Å². The summed E-state index contributed by atoms with van der Waals surface area (Å²) in [5, 5.41) is 2.59. The number of benzene rings is 2. The van der Waals surface area contributed by atoms with E-state index in [1.807, 2.05) is 6.92 Å². The van der Waals surface area contributed by atoms with Gasteiger partial charge in [0, 0.05) is 11.3 Å². The van der Waals surface area contributed by atoms with Crippen molar-refractivity contribution in [3.63, 3.8) is 0 Å². The SMILES string of the molecule is Cc1[nH]cnc1C1CCc2c(ccc3ccccc23)O1. The molecule has 3 heteroatoms. The van der Waals surface area contributed by atoms with E-state index >= 15 is 0 Å². The van der Waals surface area contributed by atoms with E-state index in [1.165, 1.54) is 16.3 Å². The molecule has 2 aromatic carbocycles. The third-order valence-electron chi connectivity index (χ3n) is 4.10. The van der Waals surface area contributed by atoms with Crippen molar-refractivity contribution in [1.29, 1.82) is 0 Å². The van der Waals surface area contributed by atoms with Crippen LogP contribution in [0.3, 0.4) is 0 Å². The average Bonchev–Trinajstić information content (AvgIpc) is 2.92. The molecule has 1 aliphatic rings. The van der Waals surface area contributed by atoms with Crippen molar-refractivity contribution in [2.75, 3.05) is 0 Å². The Morgan fingerprint density at radius 1 is 1.20 bits per heavy atom. The number of aromatic amines is 1. The van der Waals surface area contributed by atoms with Gasteiger partial charge in [-0.25, -0.2) is 4.98 Å². The molecule has 0 fully saturated rings. The number of imidazole rings is 1. The molecular weight excluding hydrogens is 248 g/mol. The van der Waals surface area contributed by atoms with E-state index in [4.69, 9.17) is 4.74 Å². The van der Waals surface area contributed by atoms with Crippen molar-refractivity contribution in [2.24, 2.45) is 0 Å². The molecule has 0 saturated heterocycles. The van der Waals surface area contributed by atoms with Gasteiger partial charge in [0.05, 0.1) is 6.33 Å². The second-order valence-corrected chi connectivity index (χ2v) is 5.32. The first-order chi connectivity index (χ1) is 9.83. The van der Waals surface area contributed by atoms with Gasteiger partial charge in [0.15, 0.2) is 0 Å². The van der Waals surface area contributed by atoms with Crippen LogP contribution in [0.5, 0.6) is 5.75 Å². The van der Waals surface area contributed by atoms with Crippen molar-refractivity contribution in [3.8, 4) is 5.75 Å². The maximum absolute atomic E-state index is 6.18. The molecule has 100 valence electrons. The number of ether oxygens (including phenoxy) is 1. The molecule has 3 nitrogen and oxygen atoms in total. The van der Waals surface area contributed by atoms with Crippen molar-refractivity contribution >= 4 is 10.8 Å². The Morgan fingerprint density at radius 2 is 2.10 bits per heavy atom. The molecule has 1 atom stereocenters. The topological polar surface area (TPSA) is 37.9 Å². The van der Waals surface area contributed by atoms with Crippen LogP contribution in [0, 0.1) is 6.92 Å². The average molecular weight is 264 g/mol. The summed E-state index contributed by atoms with van der Waals surface area (Å²) < 4.78 is 6.18. The monoisotopic (exact) mass is 264 g/mol. The molecule has 1 aromatic heterocycles. The largest absolute Gasteiger partial charge is 0.484 e. The lowest BCUT2D eigenvalue weighted by Crippen LogP contribution is -2.16. The van der Waals surface area contributed by atoms with Gasteiger partial charge in [0.1, 0.15) is 17.5 Å². The first kappa shape index (κ1) is 11.5. The minimum Gasteiger partial charge on any atom is -0.484 e. The summed E-state index contributed by atoms with van der Waals surface area (Å²) in [6, 6.07) is 12.7. The predicted octanol–water partition coefficient (Wildman–Crippen LogP) is 3.94. The zero-order valence-corrected chi connectivity index (χ0v) is 11.4. The van der Waals surface area contributed by atoms with E-state index in [2.05, 4.69) is 46.4 Å². The highest BCUT2D eigenvalue weighted by atomic mass is 16.5. The van der Waals surface area contributed by atoms with E-state index in [-0.39, 0.29) is 6.10 Å². The molecule has 0 radical (unpaired) electrons. The predicted molar refractivity (Wildman–Crippen MR) is 79.0 cm³/mol. The van der Waals surface area contributed by atoms with Crippen LogP contribution >= 0.6 is 0 Å². The van der Waals surface area contributed by atoms with Crippen LogP contribution in [-0.2, 0) is 6.42 Å². The molecule has 3 aromatic rings. The van der Waals surface area contributed by atoms with Gasteiger partial charge in [-0.2, -0.15) is 0 Å². The van der Waals surface area contributed by atoms with Crippen molar-refractivity contribution in [3.05, 3.63) is 59.7 Å². The molecular formula is C17H16N2O. The summed E-state index contributed by atoms with van der Waals surface area (Å²) in [6.45, 7) is 2.04. The van der Waals surface area contributed by atoms with Crippen LogP contribution in [0.1, 0.15) is 29.5 Å². The fourth-order valence-corrected chi connectivity index (χ4v) is 3.06. The van der Waals surface area contributed by atoms with E-state index in [0.717, 1.165) is 30.0 Å². The van der Waals surface area contributed by atoms with Crippen LogP contribution in [0.15, 0.2) is 42.7 Å². The number of hydrogen-bond donors (Lipinski definition) is 1. The van der Waals surface area contributed by atoms with E-state index < -0.39 is 0 Å². The molecule has 0 amide bonds. The van der Waals surface area contributed by atoms with Gasteiger partial charge in [-0.3, -0.25) is 0 Å². The summed E-state index contributed by atoms with van der Waals surface area (Å²) in [7, 11) is 0. The third kappa shape index (κ3) is 1.70. The number of rotatable bonds is 1. The lowest BCUT2D eigenvalue weighted by atomic mass is 9.95. The van der Waals surface area contributed by atoms with E-state index in [0.29, 0.717) is 0 Å². The number of aryl methyl sites for hydroxylation is 2. The highest BCUT2D eigenvalue weighted by molar-refractivity contribution is 5.87. The number of H-pyrrole nitrogens is 1. The summed E-state index contributed by atoms with van der Waals surface area (Å²) >= 11 is 0. The number of aromatic nitrogens is 2. The maximum Gasteiger partial charge on any atom is 0.143 e. The molecule has 0 saturated carbocycles. The zero-order valence-electron chi connectivity index (χ0n) is 11.4. The molecule has 1 unspecified atom stereocenters. The third-order valence-corrected chi connectivity index (χ3v) is 4.10. The fraction of sp³-hybridized carbons (Fsp3) is 0.235. The van der Waals surface area contributed by atoms with Gasteiger partial charge >= 0.3 is 0 Å². The Balaban J connectivity index is 1.77. The number of fused-ring (bicyclic) bond motifs is 3. The number of hydrogen-bond acceptors (Lipinski definition) is 2. The van der Waals surface area contributed by atoms with Gasteiger partial charge < -0.3 is 9.72 Å². The molecule has 20 heavy (non-hydrogen) atoms. The van der Waals surface area contributed by atoms with Crippen LogP contribution in [0.2, 0.25) is 0 Å². The lowest BCUT2D eigenvalue weighted by Gasteiger charge is -2.26. The van der Waals surface area contributed by atoms with Crippen molar-refractivity contribution < 1.29 is 4.74 Å². The zero-order chi connectivity index (χ0) is 13.5. The molecule has 2 heterocycles. The van der Waals surface area contributed by atoms with Crippen LogP contribution in [0.4, 0.5) is 0 Å². The Kier molecular flexibility index (Phi) is 2.52. The molecule has 0 aliphatic carbocycles. The first-order valence-electron chi connectivity index (χ1n) is 7.00. The second-order valence-electron chi connectivity index (χ2n) is 5.32. The Hall–Kier alpha value is -2.29. The molecule has 1 aliphatic heterocycles. The van der Waals surface area contributed by atoms with Gasteiger partial charge in [-0.05, 0) is 36.6 Å². The van der Waals surface area contributed by atoms with Gasteiger partial charge in [-0.15, -0.1) is 0 Å². The lowest BCUT2D eigenvalue weighted by molar-refractivity contribution is 0.172. The Bertz CT molecular complexity index is 776. The molecule has 0 spiro atoms. The molecule has 4 rings (SSSR count). The van der Waals surface area contributed by atoms with Crippen LogP contribution < -0.4 is 4.74 Å². The summed E-state index contributed by atoms with van der Waals surface area (Å²) in [5.74, 6) is 1.00. The minimum atomic E-state index is 0.0647. The van der Waals surface area contributed by atoms with Crippen molar-refractivity contribution in [1.82, 2.24) is 9.97 Å². The first-order valence-corrected chi connectivity index (χ1v) is 7.00. The van der Waals surface area contributed by atoms with Gasteiger partial charge in [0.25, 0.3) is 0 Å². The van der Waals surface area contributed by atoms with E-state index in [9.17, 15) is 0 Å². The molecule has 0 bridgehead atoms. The standard InChI is InChI=1S/C17H16N2O/c1-11-17(19-10-18-11)16-9-7-14-13-5-3-2-4-12(13)6-8-15(14)20-16/h2-6,8,10,16H,7,9H2,1H3,(H,18,19). The highest BCUT2D eigenvalue weighted by Gasteiger charge is 2.25. The highest BCUT2D eigenvalue weighted by Crippen LogP contribution is 2.38. The summed E-state index contributed by atoms with van der Waals surface area (Å²) in [4.78, 5) is 7.52. The fourth-order valence-electron chi connectivity index (χ4n) is 3.06. The number of nitrogens with zero attached hydrogens (tertiary/aromatic N) is 1. The molecule has 1 N–H and O–H groups in total. The van der Waals surface area contributed by atoms with Crippen LogP contribution in [-0.4, -0.2) is 9.97 Å². The second kappa shape index (κ2) is 4.37. The quantitative estimate of drug-likeness (QED) is 0.723. The number of nitrogens with one attached hydrogen (secondary N) is 1. The van der Waals surface area contributed by atoms with Crippen LogP contribution in [0.25, 0.3) is 10.8 Å². The normalized spacial score (nSPS) is 17.8. The van der Waals surface area contributed by atoms with E-state index in [1.54, 1.807) is 6.33 Å². The summed E-state index contributed by atoms with van der Waals surface area (Å²) in [6.07, 6.45) is 3.82. The van der Waals surface area contributed by atoms with Crippen molar-refractivity contribution in [2.45, 2.75) is 25.9 Å². The Morgan fingerprint density at radius 3 is 2.95 bits per heavy atom. The smallest absolute Gasteiger partial charge is 0.143 e.